The highest BCUT2D eigenvalue weighted by atomic mass is 79.9. The second-order valence-corrected chi connectivity index (χ2v) is 8.46. The van der Waals surface area contributed by atoms with Crippen molar-refractivity contribution in [1.29, 1.82) is 0 Å². The molecule has 158 valence electrons. The lowest BCUT2D eigenvalue weighted by Gasteiger charge is -2.23. The smallest absolute Gasteiger partial charge is 0.264 e. The zero-order chi connectivity index (χ0) is 22.0. The van der Waals surface area contributed by atoms with Crippen molar-refractivity contribution in [3.05, 3.63) is 94.0 Å². The van der Waals surface area contributed by atoms with Crippen molar-refractivity contribution in [2.45, 2.75) is 18.4 Å². The van der Waals surface area contributed by atoms with Crippen molar-refractivity contribution in [3.63, 3.8) is 0 Å². The van der Waals surface area contributed by atoms with Crippen LogP contribution in [0.15, 0.2) is 77.3 Å². The third kappa shape index (κ3) is 4.13. The molecule has 0 bridgehead atoms. The van der Waals surface area contributed by atoms with E-state index in [-0.39, 0.29) is 12.2 Å². The summed E-state index contributed by atoms with van der Waals surface area (Å²) in [7, 11) is 1.55. The molecule has 1 amide bonds. The summed E-state index contributed by atoms with van der Waals surface area (Å²) in [6.07, 6.45) is 0.314. The number of Topliss-reactive ketones (excluding diaryl/α,β-unsaturated/α-hetero) is 1. The van der Waals surface area contributed by atoms with E-state index in [9.17, 15) is 14.7 Å². The molecule has 0 spiro atoms. The number of methoxy groups -OCH3 is 1. The molecule has 31 heavy (non-hydrogen) atoms. The summed E-state index contributed by atoms with van der Waals surface area (Å²) in [5, 5.41) is 11.5. The summed E-state index contributed by atoms with van der Waals surface area (Å²) >= 11 is 3.42. The molecule has 1 atom stereocenters. The highest BCUT2D eigenvalue weighted by Gasteiger charge is 2.50. The number of amides is 1. The second kappa shape index (κ2) is 8.65. The van der Waals surface area contributed by atoms with Gasteiger partial charge in [-0.3, -0.25) is 9.59 Å². The van der Waals surface area contributed by atoms with Gasteiger partial charge in [0.15, 0.2) is 11.4 Å². The Balaban J connectivity index is 1.62. The fraction of sp³-hybridized carbons (Fsp3) is 0.200. The average Bonchev–Trinajstić information content (AvgIpc) is 2.99. The fourth-order valence-corrected chi connectivity index (χ4v) is 4.27. The van der Waals surface area contributed by atoms with Crippen molar-refractivity contribution < 1.29 is 19.4 Å². The number of carbonyl (C=O) groups is 2. The van der Waals surface area contributed by atoms with Crippen molar-refractivity contribution in [2.75, 3.05) is 18.6 Å². The Kier molecular flexibility index (Phi) is 5.94. The van der Waals surface area contributed by atoms with Gasteiger partial charge in [-0.25, -0.2) is 0 Å². The number of carbonyl (C=O) groups excluding carboxylic acids is 2. The molecule has 0 saturated carbocycles. The van der Waals surface area contributed by atoms with Crippen LogP contribution in [0.1, 0.15) is 27.9 Å². The van der Waals surface area contributed by atoms with Crippen LogP contribution in [0.25, 0.3) is 0 Å². The Morgan fingerprint density at radius 2 is 1.77 bits per heavy atom. The number of fused-ring (bicyclic) bond motifs is 1. The fourth-order valence-electron chi connectivity index (χ4n) is 3.91. The van der Waals surface area contributed by atoms with Crippen LogP contribution in [-0.4, -0.2) is 30.5 Å². The number of nitrogens with zero attached hydrogens (tertiary/aromatic N) is 1. The van der Waals surface area contributed by atoms with Gasteiger partial charge in [-0.15, -0.1) is 0 Å². The highest BCUT2D eigenvalue weighted by molar-refractivity contribution is 9.10. The second-order valence-electron chi connectivity index (χ2n) is 7.54. The van der Waals surface area contributed by atoms with Gasteiger partial charge in [-0.05, 0) is 54.4 Å². The first-order valence-electron chi connectivity index (χ1n) is 9.98. The number of hydrogen-bond acceptors (Lipinski definition) is 4. The lowest BCUT2D eigenvalue weighted by atomic mass is 9.88. The molecule has 3 aromatic carbocycles. The molecule has 6 heteroatoms. The van der Waals surface area contributed by atoms with Gasteiger partial charge in [0.25, 0.3) is 5.91 Å². The molecule has 5 nitrogen and oxygen atoms in total. The number of benzene rings is 3. The Morgan fingerprint density at radius 1 is 1.06 bits per heavy atom. The molecule has 3 aromatic rings. The van der Waals surface area contributed by atoms with Crippen LogP contribution in [0.3, 0.4) is 0 Å². The van der Waals surface area contributed by atoms with Crippen LogP contribution in [0, 0.1) is 0 Å². The van der Waals surface area contributed by atoms with Crippen molar-refractivity contribution >= 4 is 33.3 Å². The van der Waals surface area contributed by atoms with Crippen LogP contribution in [-0.2, 0) is 16.8 Å². The van der Waals surface area contributed by atoms with Gasteiger partial charge in [-0.1, -0.05) is 46.3 Å². The van der Waals surface area contributed by atoms with E-state index in [1.54, 1.807) is 48.4 Å². The van der Waals surface area contributed by atoms with Gasteiger partial charge in [0.1, 0.15) is 5.75 Å². The Bertz CT molecular complexity index is 1110. The van der Waals surface area contributed by atoms with Gasteiger partial charge < -0.3 is 14.7 Å². The number of ether oxygens (including phenoxy) is 1. The first-order chi connectivity index (χ1) is 14.9. The third-order valence-electron chi connectivity index (χ3n) is 5.59. The number of hydrogen-bond donors (Lipinski definition) is 1. The molecular formula is C25H22BrNO4. The van der Waals surface area contributed by atoms with Crippen molar-refractivity contribution in [3.8, 4) is 5.75 Å². The monoisotopic (exact) mass is 479 g/mol. The third-order valence-corrected chi connectivity index (χ3v) is 6.08. The van der Waals surface area contributed by atoms with E-state index in [0.717, 1.165) is 10.0 Å². The molecule has 1 heterocycles. The van der Waals surface area contributed by atoms with Crippen molar-refractivity contribution in [1.82, 2.24) is 0 Å². The minimum absolute atomic E-state index is 0.311. The van der Waals surface area contributed by atoms with E-state index >= 15 is 0 Å². The maximum Gasteiger partial charge on any atom is 0.264 e. The zero-order valence-corrected chi connectivity index (χ0v) is 18.6. The Labute approximate surface area is 189 Å². The SMILES string of the molecule is COc1ccc(C(=O)C[C@@]2(O)C(=O)N(CCc3ccccc3)c3ccc(Br)cc32)cc1. The molecule has 0 saturated heterocycles. The maximum atomic E-state index is 13.4. The van der Waals surface area contributed by atoms with Gasteiger partial charge in [0.05, 0.1) is 19.2 Å². The van der Waals surface area contributed by atoms with E-state index in [4.69, 9.17) is 4.74 Å². The minimum atomic E-state index is -1.91. The largest absolute Gasteiger partial charge is 0.497 e. The van der Waals surface area contributed by atoms with Gasteiger partial charge in [0.2, 0.25) is 0 Å². The Morgan fingerprint density at radius 3 is 2.45 bits per heavy atom. The van der Waals surface area contributed by atoms with Crippen molar-refractivity contribution in [2.24, 2.45) is 0 Å². The van der Waals surface area contributed by atoms with Gasteiger partial charge in [0, 0.05) is 22.1 Å². The first kappa shape index (κ1) is 21.3. The average molecular weight is 480 g/mol. The summed E-state index contributed by atoms with van der Waals surface area (Å²) in [4.78, 5) is 27.9. The van der Waals surface area contributed by atoms with Gasteiger partial charge >= 0.3 is 0 Å². The van der Waals surface area contributed by atoms with E-state index in [0.29, 0.717) is 35.5 Å². The van der Waals surface area contributed by atoms with Crippen LogP contribution >= 0.6 is 15.9 Å². The van der Waals surface area contributed by atoms with E-state index < -0.39 is 11.5 Å². The summed E-state index contributed by atoms with van der Waals surface area (Å²) in [5.74, 6) is -0.152. The number of anilines is 1. The number of ketones is 1. The van der Waals surface area contributed by atoms with E-state index in [2.05, 4.69) is 15.9 Å². The standard InChI is InChI=1S/C25H22BrNO4/c1-31-20-10-7-18(8-11-20)23(28)16-25(30)21-15-19(26)9-12-22(21)27(24(25)29)14-13-17-5-3-2-4-6-17/h2-12,15,30H,13-14,16H2,1H3/t25-/m0/s1. The molecule has 4 rings (SSSR count). The van der Waals surface area contributed by atoms with E-state index in [1.807, 2.05) is 36.4 Å². The topological polar surface area (TPSA) is 66.8 Å². The lowest BCUT2D eigenvalue weighted by Crippen LogP contribution is -2.42. The predicted molar refractivity (Wildman–Crippen MR) is 122 cm³/mol. The molecule has 0 fully saturated rings. The molecule has 1 aliphatic heterocycles. The molecule has 0 radical (unpaired) electrons. The quantitative estimate of drug-likeness (QED) is 0.506. The Hall–Kier alpha value is -2.96. The normalized spacial score (nSPS) is 17.5. The van der Waals surface area contributed by atoms with E-state index in [1.165, 1.54) is 0 Å². The molecule has 0 aliphatic carbocycles. The summed E-state index contributed by atoms with van der Waals surface area (Å²) < 4.78 is 5.87. The predicted octanol–water partition coefficient (Wildman–Crippen LogP) is 4.51. The number of halogens is 1. The number of rotatable bonds is 7. The minimum Gasteiger partial charge on any atom is -0.497 e. The summed E-state index contributed by atoms with van der Waals surface area (Å²) in [6.45, 7) is 0.413. The number of aliphatic hydroxyl groups is 1. The molecular weight excluding hydrogens is 458 g/mol. The van der Waals surface area contributed by atoms with Crippen LogP contribution in [0.4, 0.5) is 5.69 Å². The molecule has 0 aromatic heterocycles. The van der Waals surface area contributed by atoms with Crippen LogP contribution < -0.4 is 9.64 Å². The highest BCUT2D eigenvalue weighted by Crippen LogP contribution is 2.44. The van der Waals surface area contributed by atoms with Gasteiger partial charge in [-0.2, -0.15) is 0 Å². The molecule has 1 N–H and O–H groups in total. The summed E-state index contributed by atoms with van der Waals surface area (Å²) in [5.41, 5.74) is 0.684. The van der Waals surface area contributed by atoms with Crippen LogP contribution in [0.2, 0.25) is 0 Å². The lowest BCUT2D eigenvalue weighted by molar-refractivity contribution is -0.135. The maximum absolute atomic E-state index is 13.4. The summed E-state index contributed by atoms with van der Waals surface area (Å²) in [6, 6.07) is 21.9. The molecule has 0 unspecified atom stereocenters. The first-order valence-corrected chi connectivity index (χ1v) is 10.8. The van der Waals surface area contributed by atoms with Crippen LogP contribution in [0.5, 0.6) is 5.75 Å². The zero-order valence-electron chi connectivity index (χ0n) is 17.0. The molecule has 1 aliphatic rings.